The Morgan fingerprint density at radius 1 is 1.38 bits per heavy atom. The third-order valence-electron chi connectivity index (χ3n) is 4.66. The maximum atomic E-state index is 4.28. The number of piperidine rings is 1. The first kappa shape index (κ1) is 14.5. The molecule has 0 radical (unpaired) electrons. The van der Waals surface area contributed by atoms with Crippen LogP contribution in [0.4, 0.5) is 0 Å². The van der Waals surface area contributed by atoms with Crippen molar-refractivity contribution in [2.75, 3.05) is 19.6 Å². The number of nitrogens with one attached hydrogen (secondary N) is 1. The zero-order valence-electron chi connectivity index (χ0n) is 13.0. The third kappa shape index (κ3) is 3.24. The van der Waals surface area contributed by atoms with Crippen molar-refractivity contribution in [2.24, 2.45) is 5.92 Å². The van der Waals surface area contributed by atoms with E-state index in [1.807, 2.05) is 24.4 Å². The van der Waals surface area contributed by atoms with Gasteiger partial charge in [-0.05, 0) is 50.9 Å². The molecule has 0 amide bonds. The molecule has 1 aliphatic heterocycles. The number of hydrogen-bond acceptors (Lipinski definition) is 4. The molecule has 1 N–H and O–H groups in total. The highest BCUT2D eigenvalue weighted by Gasteiger charge is 2.23. The van der Waals surface area contributed by atoms with Crippen LogP contribution in [0.25, 0.3) is 5.65 Å². The molecule has 5 heteroatoms. The lowest BCUT2D eigenvalue weighted by atomic mass is 9.91. The molecule has 3 rings (SSSR count). The second kappa shape index (κ2) is 6.54. The highest BCUT2D eigenvalue weighted by Crippen LogP contribution is 2.19. The highest BCUT2D eigenvalue weighted by molar-refractivity contribution is 5.36. The molecule has 2 unspecified atom stereocenters. The summed E-state index contributed by atoms with van der Waals surface area (Å²) in [5, 5.41) is 12.1. The van der Waals surface area contributed by atoms with Gasteiger partial charge in [-0.2, -0.15) is 0 Å². The number of fused-ring (bicyclic) bond motifs is 1. The minimum Gasteiger partial charge on any atom is -0.307 e. The van der Waals surface area contributed by atoms with Crippen LogP contribution in [0.15, 0.2) is 24.4 Å². The lowest BCUT2D eigenvalue weighted by Crippen LogP contribution is -2.44. The Hall–Kier alpha value is -1.46. The SMILES string of the molecule is CCN1CCCC(C(C)NCc2nnc3ccccn23)C1. The molecule has 0 aromatic carbocycles. The fourth-order valence-corrected chi connectivity index (χ4v) is 3.22. The first-order valence-electron chi connectivity index (χ1n) is 8.02. The van der Waals surface area contributed by atoms with Crippen LogP contribution >= 0.6 is 0 Å². The summed E-state index contributed by atoms with van der Waals surface area (Å²) in [6.45, 7) is 8.96. The molecular weight excluding hydrogens is 262 g/mol. The van der Waals surface area contributed by atoms with Gasteiger partial charge in [0, 0.05) is 18.8 Å². The smallest absolute Gasteiger partial charge is 0.160 e. The summed E-state index contributed by atoms with van der Waals surface area (Å²) < 4.78 is 2.05. The summed E-state index contributed by atoms with van der Waals surface area (Å²) in [5.74, 6) is 1.72. The standard InChI is InChI=1S/C16H25N5/c1-3-20-9-6-7-14(12-20)13(2)17-11-16-19-18-15-8-4-5-10-21(15)16/h4-5,8,10,13-14,17H,3,6-7,9,11-12H2,1-2H3. The molecular formula is C16H25N5. The van der Waals surface area contributed by atoms with Gasteiger partial charge in [0.1, 0.15) is 0 Å². The van der Waals surface area contributed by atoms with Crippen molar-refractivity contribution in [1.82, 2.24) is 24.8 Å². The van der Waals surface area contributed by atoms with Gasteiger partial charge in [0.25, 0.3) is 0 Å². The molecule has 0 bridgehead atoms. The lowest BCUT2D eigenvalue weighted by molar-refractivity contribution is 0.156. The van der Waals surface area contributed by atoms with E-state index < -0.39 is 0 Å². The van der Waals surface area contributed by atoms with E-state index in [4.69, 9.17) is 0 Å². The van der Waals surface area contributed by atoms with Crippen molar-refractivity contribution in [3.63, 3.8) is 0 Å². The summed E-state index contributed by atoms with van der Waals surface area (Å²) in [6, 6.07) is 6.50. The molecule has 0 spiro atoms. The van der Waals surface area contributed by atoms with Gasteiger partial charge in [0.15, 0.2) is 11.5 Å². The molecule has 0 saturated carbocycles. The average molecular weight is 287 g/mol. The third-order valence-corrected chi connectivity index (χ3v) is 4.66. The van der Waals surface area contributed by atoms with Gasteiger partial charge in [-0.1, -0.05) is 13.0 Å². The van der Waals surface area contributed by atoms with Gasteiger partial charge in [0.05, 0.1) is 6.54 Å². The van der Waals surface area contributed by atoms with Crippen LogP contribution in [-0.4, -0.2) is 45.2 Å². The minimum absolute atomic E-state index is 0.510. The molecule has 5 nitrogen and oxygen atoms in total. The number of aromatic nitrogens is 3. The summed E-state index contributed by atoms with van der Waals surface area (Å²) >= 11 is 0. The Labute approximate surface area is 126 Å². The molecule has 1 fully saturated rings. The van der Waals surface area contributed by atoms with Crippen LogP contribution in [0, 0.1) is 5.92 Å². The molecule has 21 heavy (non-hydrogen) atoms. The number of rotatable bonds is 5. The molecule has 1 aliphatic rings. The molecule has 0 aliphatic carbocycles. The molecule has 114 valence electrons. The number of nitrogens with zero attached hydrogens (tertiary/aromatic N) is 4. The summed E-state index contributed by atoms with van der Waals surface area (Å²) in [7, 11) is 0. The van der Waals surface area contributed by atoms with Crippen molar-refractivity contribution >= 4 is 5.65 Å². The van der Waals surface area contributed by atoms with Crippen LogP contribution in [-0.2, 0) is 6.54 Å². The van der Waals surface area contributed by atoms with E-state index in [0.717, 1.165) is 30.5 Å². The Balaban J connectivity index is 1.59. The van der Waals surface area contributed by atoms with Gasteiger partial charge in [-0.15, -0.1) is 10.2 Å². The second-order valence-corrected chi connectivity index (χ2v) is 6.01. The monoisotopic (exact) mass is 287 g/mol. The summed E-state index contributed by atoms with van der Waals surface area (Å²) in [6.07, 6.45) is 4.67. The van der Waals surface area contributed by atoms with Crippen LogP contribution in [0.1, 0.15) is 32.5 Å². The first-order chi connectivity index (χ1) is 10.3. The van der Waals surface area contributed by atoms with Crippen LogP contribution < -0.4 is 5.32 Å². The predicted molar refractivity (Wildman–Crippen MR) is 84.1 cm³/mol. The zero-order valence-corrected chi connectivity index (χ0v) is 13.0. The van der Waals surface area contributed by atoms with Crippen LogP contribution in [0.2, 0.25) is 0 Å². The van der Waals surface area contributed by atoms with Gasteiger partial charge >= 0.3 is 0 Å². The van der Waals surface area contributed by atoms with E-state index in [1.165, 1.54) is 25.9 Å². The number of hydrogen-bond donors (Lipinski definition) is 1. The fraction of sp³-hybridized carbons (Fsp3) is 0.625. The lowest BCUT2D eigenvalue weighted by Gasteiger charge is -2.35. The molecule has 3 heterocycles. The van der Waals surface area contributed by atoms with Crippen LogP contribution in [0.5, 0.6) is 0 Å². The van der Waals surface area contributed by atoms with Gasteiger partial charge < -0.3 is 10.2 Å². The largest absolute Gasteiger partial charge is 0.307 e. The van der Waals surface area contributed by atoms with Gasteiger partial charge in [-0.3, -0.25) is 4.40 Å². The van der Waals surface area contributed by atoms with E-state index in [1.54, 1.807) is 0 Å². The van der Waals surface area contributed by atoms with Crippen molar-refractivity contribution < 1.29 is 0 Å². The zero-order chi connectivity index (χ0) is 14.7. The van der Waals surface area contributed by atoms with Crippen molar-refractivity contribution in [1.29, 1.82) is 0 Å². The first-order valence-corrected chi connectivity index (χ1v) is 8.02. The maximum absolute atomic E-state index is 4.28. The van der Waals surface area contributed by atoms with E-state index >= 15 is 0 Å². The van der Waals surface area contributed by atoms with Gasteiger partial charge in [-0.25, -0.2) is 0 Å². The van der Waals surface area contributed by atoms with Crippen molar-refractivity contribution in [3.05, 3.63) is 30.2 Å². The minimum atomic E-state index is 0.510. The summed E-state index contributed by atoms with van der Waals surface area (Å²) in [4.78, 5) is 2.55. The van der Waals surface area contributed by atoms with Crippen molar-refractivity contribution in [3.8, 4) is 0 Å². The van der Waals surface area contributed by atoms with Gasteiger partial charge in [0.2, 0.25) is 0 Å². The molecule has 2 atom stereocenters. The van der Waals surface area contributed by atoms with E-state index in [2.05, 4.69) is 38.7 Å². The Morgan fingerprint density at radius 2 is 2.29 bits per heavy atom. The Bertz CT molecular complexity index is 579. The van der Waals surface area contributed by atoms with E-state index in [-0.39, 0.29) is 0 Å². The Morgan fingerprint density at radius 3 is 3.14 bits per heavy atom. The molecule has 2 aromatic heterocycles. The predicted octanol–water partition coefficient (Wildman–Crippen LogP) is 1.94. The van der Waals surface area contributed by atoms with Crippen LogP contribution in [0.3, 0.4) is 0 Å². The maximum Gasteiger partial charge on any atom is 0.160 e. The highest BCUT2D eigenvalue weighted by atomic mass is 15.3. The van der Waals surface area contributed by atoms with E-state index in [9.17, 15) is 0 Å². The van der Waals surface area contributed by atoms with E-state index in [0.29, 0.717) is 6.04 Å². The fourth-order valence-electron chi connectivity index (χ4n) is 3.22. The van der Waals surface area contributed by atoms with Crippen molar-refractivity contribution in [2.45, 2.75) is 39.3 Å². The second-order valence-electron chi connectivity index (χ2n) is 6.01. The number of likely N-dealkylation sites (tertiary alicyclic amines) is 1. The molecule has 2 aromatic rings. The molecule has 1 saturated heterocycles. The quantitative estimate of drug-likeness (QED) is 0.913. The number of pyridine rings is 1. The Kier molecular flexibility index (Phi) is 4.51. The normalized spacial score (nSPS) is 21.7. The topological polar surface area (TPSA) is 45.5 Å². The summed E-state index contributed by atoms with van der Waals surface area (Å²) in [5.41, 5.74) is 0.914. The average Bonchev–Trinajstić information content (AvgIpc) is 2.96.